The SMILES string of the molecule is CC=CC(C)C(N)CC=CCCC=CCC(C)C=NO. The summed E-state index contributed by atoms with van der Waals surface area (Å²) in [6.07, 6.45) is 18.4. The molecular weight excluding hydrogens is 248 g/mol. The zero-order valence-corrected chi connectivity index (χ0v) is 13.1. The first kappa shape index (κ1) is 18.7. The summed E-state index contributed by atoms with van der Waals surface area (Å²) in [4.78, 5) is 0. The molecule has 3 N–H and O–H groups in total. The number of oxime groups is 1. The maximum absolute atomic E-state index is 8.38. The fraction of sp³-hybridized carbons (Fsp3) is 0.588. The van der Waals surface area contributed by atoms with Gasteiger partial charge in [-0.1, -0.05) is 50.3 Å². The van der Waals surface area contributed by atoms with Gasteiger partial charge in [0.15, 0.2) is 0 Å². The Hall–Kier alpha value is -1.35. The predicted molar refractivity (Wildman–Crippen MR) is 88.1 cm³/mol. The molecule has 3 unspecified atom stereocenters. The van der Waals surface area contributed by atoms with Crippen LogP contribution in [-0.4, -0.2) is 17.5 Å². The van der Waals surface area contributed by atoms with E-state index in [1.165, 1.54) is 0 Å². The standard InChI is InChI=1S/C17H30N2O/c1-4-11-16(3)17(18)13-10-8-6-5-7-9-12-15(2)14-19-20/h4,7-11,14-17,20H,5-6,12-13,18H2,1-3H3. The molecule has 0 spiro atoms. The lowest BCUT2D eigenvalue weighted by molar-refractivity contribution is 0.318. The molecule has 0 heterocycles. The molecule has 0 aliphatic heterocycles. The minimum absolute atomic E-state index is 0.205. The first-order valence-electron chi connectivity index (χ1n) is 7.47. The summed E-state index contributed by atoms with van der Waals surface area (Å²) < 4.78 is 0. The molecule has 0 aliphatic carbocycles. The molecular formula is C17H30N2O. The summed E-state index contributed by atoms with van der Waals surface area (Å²) in [5.74, 6) is 0.720. The van der Waals surface area contributed by atoms with E-state index < -0.39 is 0 Å². The molecule has 0 bridgehead atoms. The summed E-state index contributed by atoms with van der Waals surface area (Å²) in [5.41, 5.74) is 6.08. The predicted octanol–water partition coefficient (Wildman–Crippen LogP) is 4.29. The van der Waals surface area contributed by atoms with Crippen LogP contribution in [0, 0.1) is 11.8 Å². The van der Waals surface area contributed by atoms with E-state index in [1.54, 1.807) is 6.21 Å². The van der Waals surface area contributed by atoms with E-state index in [0.717, 1.165) is 25.7 Å². The van der Waals surface area contributed by atoms with Crippen molar-refractivity contribution < 1.29 is 5.21 Å². The number of hydrogen-bond acceptors (Lipinski definition) is 3. The molecule has 3 atom stereocenters. The van der Waals surface area contributed by atoms with Crippen molar-refractivity contribution in [3.63, 3.8) is 0 Å². The topological polar surface area (TPSA) is 58.6 Å². The Morgan fingerprint density at radius 1 is 1.05 bits per heavy atom. The monoisotopic (exact) mass is 278 g/mol. The lowest BCUT2D eigenvalue weighted by Crippen LogP contribution is -2.26. The van der Waals surface area contributed by atoms with Gasteiger partial charge in [-0.2, -0.15) is 0 Å². The van der Waals surface area contributed by atoms with Crippen LogP contribution in [0.2, 0.25) is 0 Å². The molecule has 0 aliphatic rings. The van der Waals surface area contributed by atoms with E-state index >= 15 is 0 Å². The van der Waals surface area contributed by atoms with Gasteiger partial charge in [-0.3, -0.25) is 0 Å². The van der Waals surface area contributed by atoms with Gasteiger partial charge in [-0.15, -0.1) is 5.16 Å². The van der Waals surface area contributed by atoms with Crippen molar-refractivity contribution in [3.05, 3.63) is 36.5 Å². The van der Waals surface area contributed by atoms with E-state index in [1.807, 2.05) is 13.8 Å². The van der Waals surface area contributed by atoms with Crippen LogP contribution < -0.4 is 5.73 Å². The average molecular weight is 278 g/mol. The van der Waals surface area contributed by atoms with Crippen molar-refractivity contribution in [1.82, 2.24) is 0 Å². The Morgan fingerprint density at radius 2 is 1.65 bits per heavy atom. The van der Waals surface area contributed by atoms with Gasteiger partial charge in [0.1, 0.15) is 0 Å². The Labute approximate surface area is 123 Å². The summed E-state index contributed by atoms with van der Waals surface area (Å²) in [6.45, 7) is 6.20. The number of allylic oxidation sites excluding steroid dienone is 4. The lowest BCUT2D eigenvalue weighted by atomic mass is 9.99. The third-order valence-electron chi connectivity index (χ3n) is 3.24. The molecule has 0 saturated heterocycles. The molecule has 114 valence electrons. The quantitative estimate of drug-likeness (QED) is 0.206. The Morgan fingerprint density at radius 3 is 2.20 bits per heavy atom. The molecule has 0 rings (SSSR count). The second-order valence-corrected chi connectivity index (χ2v) is 5.28. The van der Waals surface area contributed by atoms with Crippen molar-refractivity contribution in [2.45, 2.75) is 52.5 Å². The maximum Gasteiger partial charge on any atom is 0.0467 e. The van der Waals surface area contributed by atoms with Crippen LogP contribution in [0.25, 0.3) is 0 Å². The summed E-state index contributed by atoms with van der Waals surface area (Å²) in [7, 11) is 0. The second-order valence-electron chi connectivity index (χ2n) is 5.28. The molecule has 0 saturated carbocycles. The van der Waals surface area contributed by atoms with Crippen LogP contribution in [0.3, 0.4) is 0 Å². The molecule has 20 heavy (non-hydrogen) atoms. The first-order valence-corrected chi connectivity index (χ1v) is 7.47. The molecule has 0 radical (unpaired) electrons. The van der Waals surface area contributed by atoms with Gasteiger partial charge >= 0.3 is 0 Å². The fourth-order valence-corrected chi connectivity index (χ4v) is 1.83. The minimum Gasteiger partial charge on any atom is -0.411 e. The van der Waals surface area contributed by atoms with E-state index in [0.29, 0.717) is 5.92 Å². The van der Waals surface area contributed by atoms with Gasteiger partial charge in [0, 0.05) is 12.3 Å². The number of nitrogens with two attached hydrogens (primary N) is 1. The highest BCUT2D eigenvalue weighted by atomic mass is 16.4. The smallest absolute Gasteiger partial charge is 0.0467 e. The second kappa shape index (κ2) is 12.7. The highest BCUT2D eigenvalue weighted by Crippen LogP contribution is 2.07. The Balaban J connectivity index is 3.69. The van der Waals surface area contributed by atoms with Gasteiger partial charge < -0.3 is 10.9 Å². The van der Waals surface area contributed by atoms with Gasteiger partial charge in [0.25, 0.3) is 0 Å². The average Bonchev–Trinajstić information content (AvgIpc) is 2.42. The van der Waals surface area contributed by atoms with Crippen LogP contribution in [0.1, 0.15) is 46.5 Å². The van der Waals surface area contributed by atoms with Crippen molar-refractivity contribution in [1.29, 1.82) is 0 Å². The zero-order valence-electron chi connectivity index (χ0n) is 13.1. The Kier molecular flexibility index (Phi) is 11.8. The van der Waals surface area contributed by atoms with Crippen LogP contribution in [0.15, 0.2) is 41.6 Å². The molecule has 0 fully saturated rings. The number of rotatable bonds is 10. The van der Waals surface area contributed by atoms with Gasteiger partial charge in [-0.25, -0.2) is 0 Å². The van der Waals surface area contributed by atoms with Crippen LogP contribution in [-0.2, 0) is 0 Å². The van der Waals surface area contributed by atoms with Crippen LogP contribution >= 0.6 is 0 Å². The van der Waals surface area contributed by atoms with Crippen molar-refractivity contribution >= 4 is 6.21 Å². The Bertz CT molecular complexity index is 332. The zero-order chi connectivity index (χ0) is 15.2. The van der Waals surface area contributed by atoms with E-state index in [2.05, 4.69) is 48.5 Å². The van der Waals surface area contributed by atoms with Crippen molar-refractivity contribution in [2.24, 2.45) is 22.7 Å². The van der Waals surface area contributed by atoms with Crippen molar-refractivity contribution in [3.8, 4) is 0 Å². The van der Waals surface area contributed by atoms with Gasteiger partial charge in [0.05, 0.1) is 0 Å². The summed E-state index contributed by atoms with van der Waals surface area (Å²) >= 11 is 0. The number of hydrogen-bond donors (Lipinski definition) is 2. The molecule has 0 aromatic rings. The minimum atomic E-state index is 0.205. The molecule has 0 amide bonds. The van der Waals surface area contributed by atoms with E-state index in [4.69, 9.17) is 10.9 Å². The lowest BCUT2D eigenvalue weighted by Gasteiger charge is -2.13. The first-order chi connectivity index (χ1) is 9.61. The fourth-order valence-electron chi connectivity index (χ4n) is 1.83. The normalized spacial score (nSPS) is 17.6. The summed E-state index contributed by atoms with van der Waals surface area (Å²) in [6, 6.07) is 0.205. The number of unbranched alkanes of at least 4 members (excludes halogenated alkanes) is 1. The van der Waals surface area contributed by atoms with Gasteiger partial charge in [-0.05, 0) is 44.4 Å². The summed E-state index contributed by atoms with van der Waals surface area (Å²) in [5, 5.41) is 11.4. The van der Waals surface area contributed by atoms with Crippen LogP contribution in [0.4, 0.5) is 0 Å². The van der Waals surface area contributed by atoms with E-state index in [-0.39, 0.29) is 12.0 Å². The highest BCUT2D eigenvalue weighted by Gasteiger charge is 2.06. The number of nitrogens with zero attached hydrogens (tertiary/aromatic N) is 1. The van der Waals surface area contributed by atoms with Gasteiger partial charge in [0.2, 0.25) is 0 Å². The van der Waals surface area contributed by atoms with Crippen molar-refractivity contribution in [2.75, 3.05) is 0 Å². The molecule has 3 heteroatoms. The molecule has 0 aromatic heterocycles. The maximum atomic E-state index is 8.38. The molecule has 3 nitrogen and oxygen atoms in total. The largest absolute Gasteiger partial charge is 0.411 e. The van der Waals surface area contributed by atoms with Crippen LogP contribution in [0.5, 0.6) is 0 Å². The third-order valence-corrected chi connectivity index (χ3v) is 3.24. The molecule has 0 aromatic carbocycles. The highest BCUT2D eigenvalue weighted by molar-refractivity contribution is 5.59. The third kappa shape index (κ3) is 10.6. The van der Waals surface area contributed by atoms with E-state index in [9.17, 15) is 0 Å².